The number of nitrogens with zero attached hydrogens (tertiary/aromatic N) is 3. The monoisotopic (exact) mass is 370 g/mol. The Kier molecular flexibility index (Phi) is 5.01. The predicted molar refractivity (Wildman–Crippen MR) is 99.3 cm³/mol. The Morgan fingerprint density at radius 1 is 1.26 bits per heavy atom. The lowest BCUT2D eigenvalue weighted by Crippen LogP contribution is -2.39. The molecule has 0 bridgehead atoms. The number of imidazole rings is 1. The van der Waals surface area contributed by atoms with Crippen molar-refractivity contribution in [3.63, 3.8) is 0 Å². The molecule has 2 aliphatic rings. The van der Waals surface area contributed by atoms with Crippen molar-refractivity contribution in [2.75, 3.05) is 13.1 Å². The number of piperidine rings is 1. The Morgan fingerprint density at radius 2 is 2.07 bits per heavy atom. The number of hydrogen-bond acceptors (Lipinski definition) is 4. The van der Waals surface area contributed by atoms with E-state index in [1.165, 1.54) is 0 Å². The van der Waals surface area contributed by atoms with Crippen LogP contribution in [-0.4, -0.2) is 39.4 Å². The summed E-state index contributed by atoms with van der Waals surface area (Å²) < 4.78 is 7.23. The van der Waals surface area contributed by atoms with Crippen molar-refractivity contribution < 1.29 is 14.0 Å². The summed E-state index contributed by atoms with van der Waals surface area (Å²) in [6.07, 6.45) is 6.43. The molecule has 1 N–H and O–H groups in total. The van der Waals surface area contributed by atoms with Crippen molar-refractivity contribution in [2.45, 2.75) is 52.1 Å². The smallest absolute Gasteiger partial charge is 0.289 e. The molecule has 2 aromatic rings. The molecule has 1 saturated heterocycles. The van der Waals surface area contributed by atoms with Gasteiger partial charge in [-0.15, -0.1) is 0 Å². The molecule has 7 heteroatoms. The van der Waals surface area contributed by atoms with E-state index < -0.39 is 0 Å². The summed E-state index contributed by atoms with van der Waals surface area (Å²) in [5.74, 6) is 1.47. The Morgan fingerprint density at radius 3 is 2.81 bits per heavy atom. The molecule has 4 rings (SSSR count). The molecular weight excluding hydrogens is 344 g/mol. The molecule has 0 spiro atoms. The zero-order valence-corrected chi connectivity index (χ0v) is 15.7. The zero-order chi connectivity index (χ0) is 18.8. The van der Waals surface area contributed by atoms with Crippen LogP contribution in [0.3, 0.4) is 0 Å². The van der Waals surface area contributed by atoms with Gasteiger partial charge >= 0.3 is 0 Å². The molecule has 2 aromatic heterocycles. The fraction of sp³-hybridized carbons (Fsp3) is 0.550. The number of aromatic nitrogens is 2. The van der Waals surface area contributed by atoms with Crippen molar-refractivity contribution >= 4 is 11.8 Å². The minimum absolute atomic E-state index is 0.0462. The Bertz CT molecular complexity index is 817. The van der Waals surface area contributed by atoms with E-state index >= 15 is 0 Å². The number of hydrogen-bond donors (Lipinski definition) is 1. The molecule has 27 heavy (non-hydrogen) atoms. The first-order chi connectivity index (χ1) is 13.1. The van der Waals surface area contributed by atoms with Gasteiger partial charge in [0.1, 0.15) is 11.5 Å². The number of carbonyl (C=O) groups excluding carboxylic acids is 2. The van der Waals surface area contributed by atoms with Crippen LogP contribution in [-0.2, 0) is 19.5 Å². The van der Waals surface area contributed by atoms with Crippen molar-refractivity contribution in [3.8, 4) is 0 Å². The highest BCUT2D eigenvalue weighted by molar-refractivity contribution is 5.97. The quantitative estimate of drug-likeness (QED) is 0.897. The van der Waals surface area contributed by atoms with Crippen LogP contribution in [0.5, 0.6) is 0 Å². The molecule has 0 aromatic carbocycles. The fourth-order valence-corrected chi connectivity index (χ4v) is 3.91. The Labute approximate surface area is 158 Å². The average Bonchev–Trinajstić information content (AvgIpc) is 3.34. The van der Waals surface area contributed by atoms with Crippen LogP contribution < -0.4 is 5.32 Å². The van der Waals surface area contributed by atoms with E-state index in [-0.39, 0.29) is 11.8 Å². The van der Waals surface area contributed by atoms with E-state index in [0.29, 0.717) is 29.7 Å². The van der Waals surface area contributed by atoms with Crippen molar-refractivity contribution in [1.29, 1.82) is 0 Å². The van der Waals surface area contributed by atoms with Crippen molar-refractivity contribution in [3.05, 3.63) is 41.4 Å². The van der Waals surface area contributed by atoms with Gasteiger partial charge in [-0.05, 0) is 50.2 Å². The highest BCUT2D eigenvalue weighted by atomic mass is 16.3. The second-order valence-electron chi connectivity index (χ2n) is 7.58. The molecule has 144 valence electrons. The van der Waals surface area contributed by atoms with Crippen LogP contribution in [0.15, 0.2) is 22.8 Å². The van der Waals surface area contributed by atoms with Crippen molar-refractivity contribution in [1.82, 2.24) is 19.8 Å². The minimum Gasteiger partial charge on any atom is -0.467 e. The molecular formula is C20H26N4O3. The summed E-state index contributed by atoms with van der Waals surface area (Å²) >= 11 is 0. The van der Waals surface area contributed by atoms with E-state index in [4.69, 9.17) is 4.42 Å². The van der Waals surface area contributed by atoms with Gasteiger partial charge in [-0.2, -0.15) is 0 Å². The molecule has 0 radical (unpaired) electrons. The number of nitrogens with one attached hydrogen (secondary N) is 1. The van der Waals surface area contributed by atoms with E-state index in [2.05, 4.69) is 17.2 Å². The fourth-order valence-electron chi connectivity index (χ4n) is 3.91. The van der Waals surface area contributed by atoms with E-state index in [1.807, 2.05) is 15.5 Å². The lowest BCUT2D eigenvalue weighted by Gasteiger charge is -2.30. The maximum Gasteiger partial charge on any atom is 0.289 e. The van der Waals surface area contributed by atoms with Crippen LogP contribution >= 0.6 is 0 Å². The van der Waals surface area contributed by atoms with Gasteiger partial charge in [0.05, 0.1) is 18.5 Å². The molecule has 4 heterocycles. The number of furan rings is 1. The molecule has 2 aliphatic heterocycles. The van der Waals surface area contributed by atoms with Gasteiger partial charge in [0.15, 0.2) is 5.82 Å². The lowest BCUT2D eigenvalue weighted by atomic mass is 9.99. The minimum atomic E-state index is -0.247. The van der Waals surface area contributed by atoms with Gasteiger partial charge in [0.2, 0.25) is 0 Å². The average molecular weight is 370 g/mol. The van der Waals surface area contributed by atoms with E-state index in [9.17, 15) is 9.59 Å². The van der Waals surface area contributed by atoms with Crippen LogP contribution in [0.25, 0.3) is 0 Å². The first kappa shape index (κ1) is 17.8. The highest BCUT2D eigenvalue weighted by Crippen LogP contribution is 2.24. The van der Waals surface area contributed by atoms with Crippen LogP contribution in [0.2, 0.25) is 0 Å². The summed E-state index contributed by atoms with van der Waals surface area (Å²) in [5, 5.41) is 2.86. The third-order valence-corrected chi connectivity index (χ3v) is 5.60. The van der Waals surface area contributed by atoms with Gasteiger partial charge in [-0.1, -0.05) is 6.92 Å². The Hall–Kier alpha value is -2.57. The topological polar surface area (TPSA) is 80.4 Å². The Balaban J connectivity index is 1.55. The van der Waals surface area contributed by atoms with Crippen LogP contribution in [0, 0.1) is 5.92 Å². The standard InChI is InChI=1S/C20H26N4O3/c1-14-7-10-23(11-8-14)20(26)18-22-17(16-6-2-3-9-24(16)18)19(25)21-13-15-5-4-12-27-15/h4-5,12,14H,2-3,6-11,13H2,1H3,(H,21,25). The summed E-state index contributed by atoms with van der Waals surface area (Å²) in [4.78, 5) is 32.2. The third-order valence-electron chi connectivity index (χ3n) is 5.60. The van der Waals surface area contributed by atoms with Crippen LogP contribution in [0.4, 0.5) is 0 Å². The maximum atomic E-state index is 13.1. The predicted octanol–water partition coefficient (Wildman–Crippen LogP) is 2.61. The first-order valence-corrected chi connectivity index (χ1v) is 9.82. The van der Waals surface area contributed by atoms with E-state index in [0.717, 1.165) is 57.4 Å². The van der Waals surface area contributed by atoms with Gasteiger partial charge in [-0.25, -0.2) is 4.98 Å². The van der Waals surface area contributed by atoms with Gasteiger partial charge in [0, 0.05) is 19.6 Å². The first-order valence-electron chi connectivity index (χ1n) is 9.82. The summed E-state index contributed by atoms with van der Waals surface area (Å²) in [7, 11) is 0. The normalized spacial score (nSPS) is 17.6. The van der Waals surface area contributed by atoms with Gasteiger partial charge < -0.3 is 19.2 Å². The highest BCUT2D eigenvalue weighted by Gasteiger charge is 2.31. The largest absolute Gasteiger partial charge is 0.467 e. The lowest BCUT2D eigenvalue weighted by molar-refractivity contribution is 0.0678. The molecule has 0 saturated carbocycles. The molecule has 2 amide bonds. The SMILES string of the molecule is CC1CCN(C(=O)c2nc(C(=O)NCc3ccco3)c3n2CCCC3)CC1. The second-order valence-corrected chi connectivity index (χ2v) is 7.58. The summed E-state index contributed by atoms with van der Waals surface area (Å²) in [5.41, 5.74) is 1.27. The zero-order valence-electron chi connectivity index (χ0n) is 15.7. The van der Waals surface area contributed by atoms with Crippen molar-refractivity contribution in [2.24, 2.45) is 5.92 Å². The summed E-state index contributed by atoms with van der Waals surface area (Å²) in [6.45, 7) is 4.82. The third kappa shape index (κ3) is 3.63. The number of likely N-dealkylation sites (tertiary alicyclic amines) is 1. The van der Waals surface area contributed by atoms with Gasteiger partial charge in [-0.3, -0.25) is 9.59 Å². The number of rotatable bonds is 4. The maximum absolute atomic E-state index is 13.1. The molecule has 7 nitrogen and oxygen atoms in total. The van der Waals surface area contributed by atoms with E-state index in [1.54, 1.807) is 12.3 Å². The molecule has 0 aliphatic carbocycles. The molecule has 1 fully saturated rings. The van der Waals surface area contributed by atoms with Crippen LogP contribution in [0.1, 0.15) is 65.2 Å². The second kappa shape index (κ2) is 7.58. The number of fused-ring (bicyclic) bond motifs is 1. The number of amides is 2. The number of carbonyl (C=O) groups is 2. The molecule has 0 unspecified atom stereocenters. The van der Waals surface area contributed by atoms with Gasteiger partial charge in [0.25, 0.3) is 11.8 Å². The molecule has 0 atom stereocenters. The summed E-state index contributed by atoms with van der Waals surface area (Å²) in [6, 6.07) is 3.60.